The highest BCUT2D eigenvalue weighted by atomic mass is 19.4. The first-order chi connectivity index (χ1) is 11.6. The summed E-state index contributed by atoms with van der Waals surface area (Å²) in [6.07, 6.45) is -4.10. The van der Waals surface area contributed by atoms with Crippen molar-refractivity contribution < 1.29 is 23.1 Å². The van der Waals surface area contributed by atoms with Crippen LogP contribution in [0.25, 0.3) is 0 Å². The molecule has 0 aliphatic carbocycles. The molecule has 1 unspecified atom stereocenters. The molecule has 0 spiro atoms. The molecule has 1 atom stereocenters. The second-order valence-corrected chi connectivity index (χ2v) is 6.11. The van der Waals surface area contributed by atoms with Gasteiger partial charge in [0.25, 0.3) is 5.91 Å². The highest BCUT2D eigenvalue weighted by molar-refractivity contribution is 5.94. The van der Waals surface area contributed by atoms with E-state index in [-0.39, 0.29) is 17.0 Å². The van der Waals surface area contributed by atoms with Crippen molar-refractivity contribution in [2.75, 3.05) is 13.6 Å². The lowest BCUT2D eigenvalue weighted by Gasteiger charge is -2.27. The van der Waals surface area contributed by atoms with Crippen molar-refractivity contribution >= 4 is 5.91 Å². The number of nitrogens with zero attached hydrogens (tertiary/aromatic N) is 1. The van der Waals surface area contributed by atoms with Gasteiger partial charge in [-0.1, -0.05) is 42.5 Å². The van der Waals surface area contributed by atoms with Crippen LogP contribution in [0.3, 0.4) is 0 Å². The Kier molecular flexibility index (Phi) is 5.52. The second-order valence-electron chi connectivity index (χ2n) is 6.11. The molecule has 1 amide bonds. The molecule has 1 N–H and O–H groups in total. The van der Waals surface area contributed by atoms with Gasteiger partial charge < -0.3 is 10.0 Å². The number of likely N-dealkylation sites (N-methyl/N-ethyl adjacent to an activating group) is 1. The summed E-state index contributed by atoms with van der Waals surface area (Å²) in [5, 5.41) is 9.65. The van der Waals surface area contributed by atoms with Gasteiger partial charge in [-0.25, -0.2) is 0 Å². The third-order valence-electron chi connectivity index (χ3n) is 4.17. The molecule has 3 nitrogen and oxygen atoms in total. The van der Waals surface area contributed by atoms with E-state index in [4.69, 9.17) is 0 Å². The topological polar surface area (TPSA) is 40.5 Å². The van der Waals surface area contributed by atoms with Crippen LogP contribution < -0.4 is 0 Å². The summed E-state index contributed by atoms with van der Waals surface area (Å²) in [6.45, 7) is 1.18. The standard InChI is InChI=1S/C19H20F3NO2/c1-18(25,19(20,21)22)16-10-8-15(9-11-16)17(24)23(2)13-12-14-6-4-3-5-7-14/h3-11,25H,12-13H2,1-2H3. The average molecular weight is 351 g/mol. The summed E-state index contributed by atoms with van der Waals surface area (Å²) in [6, 6.07) is 14.5. The first kappa shape index (κ1) is 19.0. The van der Waals surface area contributed by atoms with Gasteiger partial charge in [0.1, 0.15) is 0 Å². The van der Waals surface area contributed by atoms with Gasteiger partial charge in [-0.3, -0.25) is 4.79 Å². The predicted molar refractivity (Wildman–Crippen MR) is 89.2 cm³/mol. The van der Waals surface area contributed by atoms with Crippen molar-refractivity contribution in [2.45, 2.75) is 25.1 Å². The molecule has 6 heteroatoms. The van der Waals surface area contributed by atoms with E-state index in [9.17, 15) is 23.1 Å². The summed E-state index contributed by atoms with van der Waals surface area (Å²) in [7, 11) is 1.64. The molecular weight excluding hydrogens is 331 g/mol. The minimum Gasteiger partial charge on any atom is -0.376 e. The first-order valence-corrected chi connectivity index (χ1v) is 7.82. The Morgan fingerprint density at radius 3 is 2.12 bits per heavy atom. The zero-order valence-electron chi connectivity index (χ0n) is 14.0. The fraction of sp³-hybridized carbons (Fsp3) is 0.316. The van der Waals surface area contributed by atoms with Crippen LogP contribution >= 0.6 is 0 Å². The zero-order valence-corrected chi connectivity index (χ0v) is 14.0. The summed E-state index contributed by atoms with van der Waals surface area (Å²) in [4.78, 5) is 13.9. The molecule has 2 rings (SSSR count). The van der Waals surface area contributed by atoms with Crippen LogP contribution in [0.15, 0.2) is 54.6 Å². The highest BCUT2D eigenvalue weighted by Crippen LogP contribution is 2.38. The number of hydrogen-bond acceptors (Lipinski definition) is 2. The minimum absolute atomic E-state index is 0.275. The van der Waals surface area contributed by atoms with Gasteiger partial charge >= 0.3 is 6.18 Å². The van der Waals surface area contributed by atoms with E-state index in [1.807, 2.05) is 30.3 Å². The highest BCUT2D eigenvalue weighted by Gasteiger charge is 2.51. The number of alkyl halides is 3. The third-order valence-corrected chi connectivity index (χ3v) is 4.17. The van der Waals surface area contributed by atoms with Crippen LogP contribution in [-0.2, 0) is 12.0 Å². The molecule has 0 aliphatic heterocycles. The van der Waals surface area contributed by atoms with Crippen molar-refractivity contribution in [3.63, 3.8) is 0 Å². The molecule has 2 aromatic rings. The Morgan fingerprint density at radius 2 is 1.60 bits per heavy atom. The minimum atomic E-state index is -4.79. The normalized spacial score (nSPS) is 14.0. The lowest BCUT2D eigenvalue weighted by molar-refractivity contribution is -0.258. The van der Waals surface area contributed by atoms with Crippen molar-refractivity contribution in [2.24, 2.45) is 0 Å². The van der Waals surface area contributed by atoms with Gasteiger partial charge in [-0.2, -0.15) is 13.2 Å². The Balaban J connectivity index is 2.05. The van der Waals surface area contributed by atoms with E-state index in [2.05, 4.69) is 0 Å². The van der Waals surface area contributed by atoms with E-state index < -0.39 is 11.8 Å². The van der Waals surface area contributed by atoms with E-state index >= 15 is 0 Å². The number of carbonyl (C=O) groups is 1. The van der Waals surface area contributed by atoms with Gasteiger partial charge in [0.15, 0.2) is 5.60 Å². The maximum Gasteiger partial charge on any atom is 0.421 e. The molecule has 0 saturated carbocycles. The van der Waals surface area contributed by atoms with Gasteiger partial charge in [0, 0.05) is 19.2 Å². The van der Waals surface area contributed by atoms with Crippen molar-refractivity contribution in [1.29, 1.82) is 0 Å². The number of halogens is 3. The Morgan fingerprint density at radius 1 is 1.04 bits per heavy atom. The number of carbonyl (C=O) groups excluding carboxylic acids is 1. The molecule has 0 heterocycles. The molecular formula is C19H20F3NO2. The lowest BCUT2D eigenvalue weighted by atomic mass is 9.94. The Labute approximate surface area is 144 Å². The quantitative estimate of drug-likeness (QED) is 0.891. The van der Waals surface area contributed by atoms with E-state index in [0.29, 0.717) is 19.9 Å². The smallest absolute Gasteiger partial charge is 0.376 e. The van der Waals surface area contributed by atoms with Crippen LogP contribution in [-0.4, -0.2) is 35.7 Å². The summed E-state index contributed by atoms with van der Waals surface area (Å²) >= 11 is 0. The van der Waals surface area contributed by atoms with Crippen LogP contribution in [0.4, 0.5) is 13.2 Å². The molecule has 25 heavy (non-hydrogen) atoms. The average Bonchev–Trinajstić information content (AvgIpc) is 2.59. The number of aliphatic hydroxyl groups is 1. The number of benzene rings is 2. The van der Waals surface area contributed by atoms with Crippen molar-refractivity contribution in [1.82, 2.24) is 4.90 Å². The molecule has 2 aromatic carbocycles. The predicted octanol–water partition coefficient (Wildman–Crippen LogP) is 3.77. The Bertz CT molecular complexity index is 710. The van der Waals surface area contributed by atoms with E-state index in [1.54, 1.807) is 7.05 Å². The molecule has 0 fully saturated rings. The van der Waals surface area contributed by atoms with Crippen LogP contribution in [0, 0.1) is 0 Å². The lowest BCUT2D eigenvalue weighted by Crippen LogP contribution is -2.39. The molecule has 0 radical (unpaired) electrons. The SMILES string of the molecule is CN(CCc1ccccc1)C(=O)c1ccc(C(C)(O)C(F)(F)F)cc1. The monoisotopic (exact) mass is 351 g/mol. The van der Waals surface area contributed by atoms with Crippen LogP contribution in [0.1, 0.15) is 28.4 Å². The third kappa shape index (κ3) is 4.39. The Hall–Kier alpha value is -2.34. The molecule has 134 valence electrons. The fourth-order valence-electron chi connectivity index (χ4n) is 2.36. The van der Waals surface area contributed by atoms with Gasteiger partial charge in [0.05, 0.1) is 0 Å². The first-order valence-electron chi connectivity index (χ1n) is 7.82. The maximum absolute atomic E-state index is 12.8. The molecule has 0 saturated heterocycles. The molecule has 0 bridgehead atoms. The number of hydrogen-bond donors (Lipinski definition) is 1. The summed E-state index contributed by atoms with van der Waals surface area (Å²) in [5.74, 6) is -0.283. The maximum atomic E-state index is 12.8. The second kappa shape index (κ2) is 7.27. The van der Waals surface area contributed by atoms with Gasteiger partial charge in [-0.15, -0.1) is 0 Å². The number of amides is 1. The van der Waals surface area contributed by atoms with Crippen molar-refractivity contribution in [3.05, 3.63) is 71.3 Å². The fourth-order valence-corrected chi connectivity index (χ4v) is 2.36. The van der Waals surface area contributed by atoms with Gasteiger partial charge in [-0.05, 0) is 36.6 Å². The van der Waals surface area contributed by atoms with Crippen LogP contribution in [0.2, 0.25) is 0 Å². The number of rotatable bonds is 5. The zero-order chi connectivity index (χ0) is 18.7. The van der Waals surface area contributed by atoms with E-state index in [1.165, 1.54) is 17.0 Å². The van der Waals surface area contributed by atoms with E-state index in [0.717, 1.165) is 17.7 Å². The molecule has 0 aromatic heterocycles. The molecule has 0 aliphatic rings. The van der Waals surface area contributed by atoms with Crippen LogP contribution in [0.5, 0.6) is 0 Å². The largest absolute Gasteiger partial charge is 0.421 e. The summed E-state index contributed by atoms with van der Waals surface area (Å²) in [5.41, 5.74) is -1.88. The summed E-state index contributed by atoms with van der Waals surface area (Å²) < 4.78 is 38.5. The van der Waals surface area contributed by atoms with Crippen molar-refractivity contribution in [3.8, 4) is 0 Å². The van der Waals surface area contributed by atoms with Gasteiger partial charge in [0.2, 0.25) is 0 Å².